The van der Waals surface area contributed by atoms with Crippen LogP contribution in [0, 0.1) is 10.1 Å². The van der Waals surface area contributed by atoms with Crippen LogP contribution in [0.1, 0.15) is 6.92 Å². The van der Waals surface area contributed by atoms with E-state index in [1.807, 2.05) is 0 Å². The molecule has 1 amide bonds. The van der Waals surface area contributed by atoms with E-state index in [4.69, 9.17) is 0 Å². The number of hydrogen-bond donors (Lipinski definition) is 3. The minimum Gasteiger partial charge on any atom is -0.506 e. The van der Waals surface area contributed by atoms with Crippen LogP contribution in [0.5, 0.6) is 11.5 Å². The molecular formula is C18H14N4O5. The second kappa shape index (κ2) is 7.08. The number of phenols is 2. The van der Waals surface area contributed by atoms with E-state index in [1.54, 1.807) is 24.3 Å². The summed E-state index contributed by atoms with van der Waals surface area (Å²) >= 11 is 0. The third kappa shape index (κ3) is 3.66. The fourth-order valence-corrected chi connectivity index (χ4v) is 2.56. The first kappa shape index (κ1) is 17.8. The Bertz CT molecular complexity index is 1090. The summed E-state index contributed by atoms with van der Waals surface area (Å²) in [6.07, 6.45) is 0. The van der Waals surface area contributed by atoms with E-state index in [2.05, 4.69) is 15.5 Å². The molecule has 136 valence electrons. The van der Waals surface area contributed by atoms with Crippen LogP contribution in [0.25, 0.3) is 10.8 Å². The first-order valence-electron chi connectivity index (χ1n) is 7.78. The molecule has 0 radical (unpaired) electrons. The van der Waals surface area contributed by atoms with Crippen molar-refractivity contribution >= 4 is 39.4 Å². The predicted molar refractivity (Wildman–Crippen MR) is 98.9 cm³/mol. The topological polar surface area (TPSA) is 137 Å². The number of azo groups is 1. The summed E-state index contributed by atoms with van der Waals surface area (Å²) < 4.78 is 0. The molecule has 0 atom stereocenters. The van der Waals surface area contributed by atoms with Gasteiger partial charge < -0.3 is 15.5 Å². The number of nitrogens with zero attached hydrogens (tertiary/aromatic N) is 3. The molecular weight excluding hydrogens is 352 g/mol. The van der Waals surface area contributed by atoms with Crippen LogP contribution < -0.4 is 5.32 Å². The molecule has 3 aromatic carbocycles. The zero-order valence-corrected chi connectivity index (χ0v) is 14.1. The Morgan fingerprint density at radius 1 is 1.07 bits per heavy atom. The second-order valence-electron chi connectivity index (χ2n) is 5.65. The van der Waals surface area contributed by atoms with E-state index in [1.165, 1.54) is 25.1 Å². The van der Waals surface area contributed by atoms with Crippen LogP contribution >= 0.6 is 0 Å². The monoisotopic (exact) mass is 366 g/mol. The summed E-state index contributed by atoms with van der Waals surface area (Å²) in [6, 6.07) is 11.7. The Morgan fingerprint density at radius 3 is 2.52 bits per heavy atom. The quantitative estimate of drug-likeness (QED) is 0.354. The molecule has 0 aliphatic rings. The van der Waals surface area contributed by atoms with Gasteiger partial charge in [0.05, 0.1) is 16.7 Å². The number of amides is 1. The van der Waals surface area contributed by atoms with Gasteiger partial charge in [0.1, 0.15) is 22.9 Å². The average molecular weight is 366 g/mol. The van der Waals surface area contributed by atoms with Crippen molar-refractivity contribution in [3.8, 4) is 11.5 Å². The summed E-state index contributed by atoms with van der Waals surface area (Å²) in [6.45, 7) is 1.36. The number of rotatable bonds is 4. The van der Waals surface area contributed by atoms with E-state index >= 15 is 0 Å². The number of nitro groups is 1. The summed E-state index contributed by atoms with van der Waals surface area (Å²) in [5.74, 6) is -0.887. The number of aromatic hydroxyl groups is 2. The first-order chi connectivity index (χ1) is 12.9. The molecule has 9 heteroatoms. The Labute approximate surface area is 152 Å². The fraction of sp³-hybridized carbons (Fsp3) is 0.0556. The molecule has 0 saturated heterocycles. The molecule has 0 aromatic heterocycles. The van der Waals surface area contributed by atoms with Crippen molar-refractivity contribution < 1.29 is 19.9 Å². The summed E-state index contributed by atoms with van der Waals surface area (Å²) in [5.41, 5.74) is 0.244. The van der Waals surface area contributed by atoms with Crippen LogP contribution in [-0.2, 0) is 4.79 Å². The largest absolute Gasteiger partial charge is 0.506 e. The van der Waals surface area contributed by atoms with Crippen LogP contribution in [-0.4, -0.2) is 21.0 Å². The fourth-order valence-electron chi connectivity index (χ4n) is 2.56. The number of hydrogen-bond acceptors (Lipinski definition) is 7. The Balaban J connectivity index is 2.11. The van der Waals surface area contributed by atoms with Crippen LogP contribution in [0.2, 0.25) is 0 Å². The third-order valence-corrected chi connectivity index (χ3v) is 3.74. The zero-order chi connectivity index (χ0) is 19.6. The normalized spacial score (nSPS) is 11.0. The number of carbonyl (C=O) groups is 1. The van der Waals surface area contributed by atoms with E-state index in [9.17, 15) is 25.1 Å². The molecule has 3 N–H and O–H groups in total. The maximum absolute atomic E-state index is 11.4. The number of nitro benzene ring substituents is 1. The SMILES string of the molecule is CC(=O)Nc1cccc2ccc(O)c(N=Nc3ccc([N+](=O)[O-])cc3O)c12. The molecule has 0 spiro atoms. The van der Waals surface area contributed by atoms with Gasteiger partial charge in [-0.25, -0.2) is 0 Å². The van der Waals surface area contributed by atoms with Gasteiger partial charge >= 0.3 is 0 Å². The van der Waals surface area contributed by atoms with Crippen molar-refractivity contribution in [3.63, 3.8) is 0 Å². The summed E-state index contributed by atoms with van der Waals surface area (Å²) in [7, 11) is 0. The van der Waals surface area contributed by atoms with E-state index < -0.39 is 10.7 Å². The molecule has 3 rings (SSSR count). The van der Waals surface area contributed by atoms with Crippen molar-refractivity contribution in [2.24, 2.45) is 10.2 Å². The van der Waals surface area contributed by atoms with E-state index in [0.29, 0.717) is 16.5 Å². The van der Waals surface area contributed by atoms with Crippen LogP contribution in [0.4, 0.5) is 22.7 Å². The lowest BCUT2D eigenvalue weighted by atomic mass is 10.1. The number of fused-ring (bicyclic) bond motifs is 1. The molecule has 0 aliphatic heterocycles. The van der Waals surface area contributed by atoms with Crippen LogP contribution in [0.3, 0.4) is 0 Å². The van der Waals surface area contributed by atoms with Gasteiger partial charge in [0.2, 0.25) is 5.91 Å². The van der Waals surface area contributed by atoms with Gasteiger partial charge in [-0.1, -0.05) is 18.2 Å². The molecule has 9 nitrogen and oxygen atoms in total. The minimum atomic E-state index is -0.642. The Morgan fingerprint density at radius 2 is 1.85 bits per heavy atom. The number of benzene rings is 3. The lowest BCUT2D eigenvalue weighted by molar-refractivity contribution is -0.384. The second-order valence-corrected chi connectivity index (χ2v) is 5.65. The molecule has 0 aliphatic carbocycles. The predicted octanol–water partition coefficient (Wildman–Crippen LogP) is 4.53. The number of non-ortho nitro benzene ring substituents is 1. The highest BCUT2D eigenvalue weighted by Gasteiger charge is 2.13. The number of carbonyl (C=O) groups excluding carboxylic acids is 1. The van der Waals surface area contributed by atoms with Crippen molar-refractivity contribution in [2.75, 3.05) is 5.32 Å². The molecule has 0 fully saturated rings. The molecule has 3 aromatic rings. The number of anilines is 1. The van der Waals surface area contributed by atoms with Gasteiger partial charge in [-0.2, -0.15) is 0 Å². The number of nitrogens with one attached hydrogen (secondary N) is 1. The van der Waals surface area contributed by atoms with Crippen molar-refractivity contribution in [2.45, 2.75) is 6.92 Å². The molecule has 0 saturated carbocycles. The van der Waals surface area contributed by atoms with Crippen molar-refractivity contribution in [1.29, 1.82) is 0 Å². The lowest BCUT2D eigenvalue weighted by Crippen LogP contribution is -2.06. The highest BCUT2D eigenvalue weighted by molar-refractivity contribution is 6.08. The summed E-state index contributed by atoms with van der Waals surface area (Å²) in [4.78, 5) is 21.5. The lowest BCUT2D eigenvalue weighted by Gasteiger charge is -2.10. The van der Waals surface area contributed by atoms with Gasteiger partial charge in [0, 0.05) is 18.4 Å². The number of phenolic OH excluding ortho intramolecular Hbond substituents is 2. The smallest absolute Gasteiger partial charge is 0.273 e. The summed E-state index contributed by atoms with van der Waals surface area (Å²) in [5, 5.41) is 42.6. The molecule has 0 heterocycles. The standard InChI is InChI=1S/C18H14N4O5/c1-10(23)19-14-4-2-3-11-5-8-15(24)18(17(11)14)21-20-13-7-6-12(22(26)27)9-16(13)25/h2-9,24-25H,1H3,(H,19,23). The molecule has 0 bridgehead atoms. The molecule has 0 unspecified atom stereocenters. The van der Waals surface area contributed by atoms with Gasteiger partial charge in [0.25, 0.3) is 5.69 Å². The maximum atomic E-state index is 11.4. The van der Waals surface area contributed by atoms with Gasteiger partial charge in [-0.05, 0) is 23.6 Å². The highest BCUT2D eigenvalue weighted by Crippen LogP contribution is 2.41. The molecule has 27 heavy (non-hydrogen) atoms. The zero-order valence-electron chi connectivity index (χ0n) is 14.1. The van der Waals surface area contributed by atoms with Crippen molar-refractivity contribution in [1.82, 2.24) is 0 Å². The Hall–Kier alpha value is -4.01. The van der Waals surface area contributed by atoms with Gasteiger partial charge in [-0.3, -0.25) is 14.9 Å². The van der Waals surface area contributed by atoms with E-state index in [-0.39, 0.29) is 28.7 Å². The van der Waals surface area contributed by atoms with Gasteiger partial charge in [-0.15, -0.1) is 10.2 Å². The average Bonchev–Trinajstić information content (AvgIpc) is 2.61. The van der Waals surface area contributed by atoms with Crippen molar-refractivity contribution in [3.05, 3.63) is 58.6 Å². The minimum absolute atomic E-state index is 0.00555. The Kier molecular flexibility index (Phi) is 4.67. The highest BCUT2D eigenvalue weighted by atomic mass is 16.6. The first-order valence-corrected chi connectivity index (χ1v) is 7.78. The van der Waals surface area contributed by atoms with Crippen LogP contribution in [0.15, 0.2) is 58.8 Å². The van der Waals surface area contributed by atoms with Gasteiger partial charge in [0.15, 0.2) is 0 Å². The third-order valence-electron chi connectivity index (χ3n) is 3.74. The van der Waals surface area contributed by atoms with E-state index in [0.717, 1.165) is 6.07 Å². The maximum Gasteiger partial charge on any atom is 0.273 e.